The molecule has 0 saturated heterocycles. The molecule has 0 aromatic heterocycles. The number of aliphatic hydroxyl groups is 1. The van der Waals surface area contributed by atoms with E-state index in [0.717, 1.165) is 19.3 Å². The van der Waals surface area contributed by atoms with Crippen molar-refractivity contribution in [1.82, 2.24) is 5.32 Å². The lowest BCUT2D eigenvalue weighted by Crippen LogP contribution is -2.41. The van der Waals surface area contributed by atoms with E-state index in [0.29, 0.717) is 12.6 Å². The third-order valence-electron chi connectivity index (χ3n) is 4.01. The molecule has 2 nitrogen and oxygen atoms in total. The third kappa shape index (κ3) is 5.64. The molecule has 0 saturated carbocycles. The average molecular weight is 277 g/mol. The summed E-state index contributed by atoms with van der Waals surface area (Å²) in [5.41, 5.74) is 0.964. The minimum absolute atomic E-state index is 0.254. The van der Waals surface area contributed by atoms with E-state index in [-0.39, 0.29) is 5.41 Å². The third-order valence-corrected chi connectivity index (χ3v) is 4.01. The maximum absolute atomic E-state index is 10.5. The molecule has 1 aromatic carbocycles. The van der Waals surface area contributed by atoms with Gasteiger partial charge < -0.3 is 10.4 Å². The van der Waals surface area contributed by atoms with Gasteiger partial charge in [-0.2, -0.15) is 0 Å². The zero-order valence-corrected chi connectivity index (χ0v) is 13.7. The molecule has 0 heterocycles. The summed E-state index contributed by atoms with van der Waals surface area (Å²) in [4.78, 5) is 0. The molecule has 1 rings (SSSR count). The summed E-state index contributed by atoms with van der Waals surface area (Å²) < 4.78 is 0. The quantitative estimate of drug-likeness (QED) is 0.778. The molecule has 1 atom stereocenters. The first-order chi connectivity index (χ1) is 9.29. The first kappa shape index (κ1) is 17.2. The van der Waals surface area contributed by atoms with Gasteiger partial charge in [0.1, 0.15) is 0 Å². The molecule has 114 valence electrons. The van der Waals surface area contributed by atoms with E-state index < -0.39 is 5.60 Å². The van der Waals surface area contributed by atoms with Gasteiger partial charge in [-0.05, 0) is 30.2 Å². The topological polar surface area (TPSA) is 32.3 Å². The van der Waals surface area contributed by atoms with Crippen LogP contribution >= 0.6 is 0 Å². The predicted molar refractivity (Wildman–Crippen MR) is 86.8 cm³/mol. The Labute approximate surface area is 124 Å². The minimum Gasteiger partial charge on any atom is -0.389 e. The van der Waals surface area contributed by atoms with Crippen LogP contribution < -0.4 is 5.32 Å². The van der Waals surface area contributed by atoms with Crippen LogP contribution in [0.2, 0.25) is 0 Å². The van der Waals surface area contributed by atoms with Crippen molar-refractivity contribution in [3.05, 3.63) is 35.9 Å². The van der Waals surface area contributed by atoms with E-state index in [4.69, 9.17) is 0 Å². The van der Waals surface area contributed by atoms with Crippen molar-refractivity contribution in [1.29, 1.82) is 0 Å². The second kappa shape index (κ2) is 7.24. The second-order valence-electron chi connectivity index (χ2n) is 7.04. The number of nitrogens with one attached hydrogen (secondary N) is 1. The molecule has 0 spiro atoms. The van der Waals surface area contributed by atoms with Gasteiger partial charge in [0.15, 0.2) is 0 Å². The molecule has 1 unspecified atom stereocenters. The monoisotopic (exact) mass is 277 g/mol. The van der Waals surface area contributed by atoms with Gasteiger partial charge in [-0.15, -0.1) is 0 Å². The lowest BCUT2D eigenvalue weighted by atomic mass is 9.85. The van der Waals surface area contributed by atoms with Crippen LogP contribution in [-0.4, -0.2) is 17.3 Å². The van der Waals surface area contributed by atoms with Crippen LogP contribution in [0.5, 0.6) is 0 Å². The summed E-state index contributed by atoms with van der Waals surface area (Å²) in [6.07, 6.45) is 2.63. The van der Waals surface area contributed by atoms with Crippen LogP contribution in [0, 0.1) is 5.41 Å². The van der Waals surface area contributed by atoms with Gasteiger partial charge in [-0.3, -0.25) is 0 Å². The number of benzene rings is 1. The fourth-order valence-electron chi connectivity index (χ4n) is 2.42. The van der Waals surface area contributed by atoms with Crippen LogP contribution in [0.4, 0.5) is 0 Å². The van der Waals surface area contributed by atoms with Crippen LogP contribution in [0.25, 0.3) is 0 Å². The van der Waals surface area contributed by atoms with Gasteiger partial charge in [0, 0.05) is 12.6 Å². The lowest BCUT2D eigenvalue weighted by molar-refractivity contribution is 0.0284. The summed E-state index contributed by atoms with van der Waals surface area (Å²) in [6.45, 7) is 11.5. The molecule has 0 bridgehead atoms. The zero-order valence-electron chi connectivity index (χ0n) is 13.7. The Bertz CT molecular complexity index is 376. The predicted octanol–water partition coefficient (Wildman–Crippen LogP) is 4.30. The largest absolute Gasteiger partial charge is 0.389 e. The highest BCUT2D eigenvalue weighted by atomic mass is 16.3. The van der Waals surface area contributed by atoms with Crippen LogP contribution in [0.1, 0.15) is 65.5 Å². The number of hydrogen-bond acceptors (Lipinski definition) is 2. The van der Waals surface area contributed by atoms with Crippen LogP contribution in [-0.2, 0) is 0 Å². The molecule has 1 aromatic rings. The van der Waals surface area contributed by atoms with E-state index in [9.17, 15) is 5.11 Å². The molecular formula is C18H31NO. The molecule has 0 fully saturated rings. The summed E-state index contributed by atoms with van der Waals surface area (Å²) in [6, 6.07) is 10.8. The minimum atomic E-state index is -0.592. The van der Waals surface area contributed by atoms with Crippen molar-refractivity contribution in [2.75, 3.05) is 6.54 Å². The average Bonchev–Trinajstić information content (AvgIpc) is 2.43. The van der Waals surface area contributed by atoms with Gasteiger partial charge in [0.05, 0.1) is 5.60 Å². The Morgan fingerprint density at radius 3 is 2.05 bits per heavy atom. The Balaban J connectivity index is 2.79. The Morgan fingerprint density at radius 1 is 1.05 bits per heavy atom. The van der Waals surface area contributed by atoms with E-state index in [1.807, 2.05) is 19.9 Å². The van der Waals surface area contributed by atoms with Crippen molar-refractivity contribution in [3.8, 4) is 0 Å². The highest BCUT2D eigenvalue weighted by Crippen LogP contribution is 2.30. The highest BCUT2D eigenvalue weighted by Gasteiger charge is 2.26. The molecule has 0 amide bonds. The lowest BCUT2D eigenvalue weighted by Gasteiger charge is -2.32. The number of rotatable bonds is 7. The highest BCUT2D eigenvalue weighted by molar-refractivity contribution is 5.19. The Morgan fingerprint density at radius 2 is 1.60 bits per heavy atom. The molecule has 20 heavy (non-hydrogen) atoms. The summed E-state index contributed by atoms with van der Waals surface area (Å²) in [5, 5.41) is 14.0. The van der Waals surface area contributed by atoms with E-state index >= 15 is 0 Å². The van der Waals surface area contributed by atoms with Crippen molar-refractivity contribution in [2.45, 2.75) is 65.5 Å². The summed E-state index contributed by atoms with van der Waals surface area (Å²) in [7, 11) is 0. The molecule has 2 N–H and O–H groups in total. The normalized spacial score (nSPS) is 14.3. The first-order valence-corrected chi connectivity index (χ1v) is 7.80. The van der Waals surface area contributed by atoms with Gasteiger partial charge in [0.2, 0.25) is 0 Å². The summed E-state index contributed by atoms with van der Waals surface area (Å²) >= 11 is 0. The van der Waals surface area contributed by atoms with Gasteiger partial charge in [-0.25, -0.2) is 0 Å². The fourth-order valence-corrected chi connectivity index (χ4v) is 2.42. The number of hydrogen-bond donors (Lipinski definition) is 2. The van der Waals surface area contributed by atoms with Gasteiger partial charge in [0.25, 0.3) is 0 Å². The Kier molecular flexibility index (Phi) is 6.22. The van der Waals surface area contributed by atoms with E-state index in [1.165, 1.54) is 5.56 Å². The van der Waals surface area contributed by atoms with Gasteiger partial charge >= 0.3 is 0 Å². The molecule has 0 aliphatic rings. The molecule has 0 aliphatic heterocycles. The van der Waals surface area contributed by atoms with Crippen molar-refractivity contribution < 1.29 is 5.11 Å². The van der Waals surface area contributed by atoms with Gasteiger partial charge in [-0.1, -0.05) is 65.0 Å². The molecular weight excluding hydrogens is 246 g/mol. The van der Waals surface area contributed by atoms with E-state index in [2.05, 4.69) is 50.4 Å². The standard InChI is InChI=1S/C18H31NO/c1-6-18(20,7-2)14-19-16(13-17(3,4)5)15-11-9-8-10-12-15/h8-12,16,19-20H,6-7,13-14H2,1-5H3. The van der Waals surface area contributed by atoms with Crippen molar-refractivity contribution in [3.63, 3.8) is 0 Å². The second-order valence-corrected chi connectivity index (χ2v) is 7.04. The zero-order chi connectivity index (χ0) is 15.2. The smallest absolute Gasteiger partial charge is 0.0766 e. The Hall–Kier alpha value is -0.860. The fraction of sp³-hybridized carbons (Fsp3) is 0.667. The van der Waals surface area contributed by atoms with Crippen LogP contribution in [0.3, 0.4) is 0 Å². The molecule has 2 heteroatoms. The van der Waals surface area contributed by atoms with Crippen molar-refractivity contribution in [2.24, 2.45) is 5.41 Å². The van der Waals surface area contributed by atoms with Crippen LogP contribution in [0.15, 0.2) is 30.3 Å². The molecule has 0 aliphatic carbocycles. The van der Waals surface area contributed by atoms with E-state index in [1.54, 1.807) is 0 Å². The summed E-state index contributed by atoms with van der Waals surface area (Å²) in [5.74, 6) is 0. The maximum atomic E-state index is 10.5. The maximum Gasteiger partial charge on any atom is 0.0766 e. The van der Waals surface area contributed by atoms with Crippen molar-refractivity contribution >= 4 is 0 Å². The SMILES string of the molecule is CCC(O)(CC)CNC(CC(C)(C)C)c1ccccc1. The molecule has 0 radical (unpaired) electrons. The first-order valence-electron chi connectivity index (χ1n) is 7.80.